The van der Waals surface area contributed by atoms with Crippen LogP contribution in [0.3, 0.4) is 0 Å². The summed E-state index contributed by atoms with van der Waals surface area (Å²) in [6.07, 6.45) is 5.59. The summed E-state index contributed by atoms with van der Waals surface area (Å²) in [6.45, 7) is 1.11. The zero-order valence-corrected chi connectivity index (χ0v) is 19.7. The van der Waals surface area contributed by atoms with Crippen molar-refractivity contribution in [3.8, 4) is 0 Å². The maximum atomic E-state index is 13.3. The lowest BCUT2D eigenvalue weighted by atomic mass is 9.78. The number of anilines is 1. The Hall–Kier alpha value is -3.42. The van der Waals surface area contributed by atoms with Crippen LogP contribution in [0.25, 0.3) is 0 Å². The largest absolute Gasteiger partial charge is 0.466 e. The molecule has 0 radical (unpaired) electrons. The molecule has 1 saturated heterocycles. The Morgan fingerprint density at radius 3 is 2.54 bits per heavy atom. The predicted octanol–water partition coefficient (Wildman–Crippen LogP) is 3.18. The third-order valence-corrected chi connectivity index (χ3v) is 6.85. The molecule has 2 aromatic carbocycles. The van der Waals surface area contributed by atoms with Gasteiger partial charge in [-0.05, 0) is 43.0 Å². The zero-order valence-electron chi connectivity index (χ0n) is 19.7. The van der Waals surface area contributed by atoms with Gasteiger partial charge in [0.05, 0.1) is 30.4 Å². The van der Waals surface area contributed by atoms with Gasteiger partial charge in [-0.15, -0.1) is 0 Å². The molecule has 0 aliphatic carbocycles. The first-order valence-corrected chi connectivity index (χ1v) is 12.1. The molecule has 1 fully saturated rings. The van der Waals surface area contributed by atoms with Gasteiger partial charge >= 0.3 is 5.97 Å². The van der Waals surface area contributed by atoms with E-state index in [1.807, 2.05) is 72.8 Å². The number of amides is 1. The topological polar surface area (TPSA) is 85.9 Å². The van der Waals surface area contributed by atoms with Crippen LogP contribution in [-0.2, 0) is 30.2 Å². The second kappa shape index (κ2) is 10.1. The van der Waals surface area contributed by atoms with E-state index in [4.69, 9.17) is 14.2 Å². The average Bonchev–Trinajstić information content (AvgIpc) is 3.64. The average molecular weight is 475 g/mol. The molecule has 2 N–H and O–H groups in total. The lowest BCUT2D eigenvalue weighted by Crippen LogP contribution is -2.49. The minimum Gasteiger partial charge on any atom is -0.466 e. The highest BCUT2D eigenvalue weighted by molar-refractivity contribution is 6.07. The van der Waals surface area contributed by atoms with Crippen molar-refractivity contribution in [3.63, 3.8) is 0 Å². The van der Waals surface area contributed by atoms with Crippen LogP contribution in [0.5, 0.6) is 0 Å². The Bertz CT molecular complexity index is 1080. The van der Waals surface area contributed by atoms with Crippen LogP contribution in [-0.4, -0.2) is 56.0 Å². The lowest BCUT2D eigenvalue weighted by Gasteiger charge is -2.36. The van der Waals surface area contributed by atoms with Gasteiger partial charge in [0.1, 0.15) is 11.7 Å². The smallest absolute Gasteiger partial charge is 0.337 e. The fourth-order valence-electron chi connectivity index (χ4n) is 5.16. The van der Waals surface area contributed by atoms with Gasteiger partial charge in [-0.25, -0.2) is 4.79 Å². The van der Waals surface area contributed by atoms with Crippen molar-refractivity contribution in [1.29, 1.82) is 0 Å². The summed E-state index contributed by atoms with van der Waals surface area (Å²) >= 11 is 0. The molecule has 4 atom stereocenters. The summed E-state index contributed by atoms with van der Waals surface area (Å²) in [7, 11) is 1.33. The number of ether oxygens (including phenoxy) is 3. The second-order valence-corrected chi connectivity index (χ2v) is 9.07. The van der Waals surface area contributed by atoms with Gasteiger partial charge in [0, 0.05) is 18.8 Å². The Kier molecular flexibility index (Phi) is 6.70. The van der Waals surface area contributed by atoms with Crippen molar-refractivity contribution in [1.82, 2.24) is 5.32 Å². The van der Waals surface area contributed by atoms with E-state index in [2.05, 4.69) is 10.6 Å². The molecule has 3 aliphatic heterocycles. The van der Waals surface area contributed by atoms with Crippen molar-refractivity contribution in [2.75, 3.05) is 25.6 Å². The normalized spacial score (nSPS) is 25.5. The molecule has 3 heterocycles. The first kappa shape index (κ1) is 23.3. The number of hydrogen-bond acceptors (Lipinski definition) is 6. The van der Waals surface area contributed by atoms with Crippen molar-refractivity contribution in [2.45, 2.75) is 43.1 Å². The Balaban J connectivity index is 1.51. The van der Waals surface area contributed by atoms with E-state index in [1.54, 1.807) is 0 Å². The van der Waals surface area contributed by atoms with Gasteiger partial charge < -0.3 is 24.8 Å². The van der Waals surface area contributed by atoms with E-state index < -0.39 is 17.7 Å². The third-order valence-electron chi connectivity index (χ3n) is 6.85. The van der Waals surface area contributed by atoms with E-state index in [-0.39, 0.29) is 23.6 Å². The van der Waals surface area contributed by atoms with E-state index in [0.717, 1.165) is 24.1 Å². The minimum absolute atomic E-state index is 0.00397. The quantitative estimate of drug-likeness (QED) is 0.429. The first-order valence-electron chi connectivity index (χ1n) is 12.1. The van der Waals surface area contributed by atoms with E-state index in [9.17, 15) is 9.59 Å². The molecule has 1 amide bonds. The van der Waals surface area contributed by atoms with Gasteiger partial charge in [0.25, 0.3) is 5.91 Å². The van der Waals surface area contributed by atoms with Crippen LogP contribution < -0.4 is 10.6 Å². The van der Waals surface area contributed by atoms with Gasteiger partial charge in [-0.3, -0.25) is 4.79 Å². The molecule has 182 valence electrons. The fourth-order valence-corrected chi connectivity index (χ4v) is 5.16. The number of esters is 1. The maximum Gasteiger partial charge on any atom is 0.337 e. The molecular weight excluding hydrogens is 444 g/mol. The number of nitrogens with one attached hydrogen (secondary N) is 2. The molecule has 2 bridgehead atoms. The number of rotatable bonds is 9. The number of fused-ring (bicyclic) bond motifs is 2. The van der Waals surface area contributed by atoms with Gasteiger partial charge in [0.15, 0.2) is 0 Å². The molecule has 7 nitrogen and oxygen atoms in total. The molecule has 35 heavy (non-hydrogen) atoms. The Labute approximate surface area is 205 Å². The van der Waals surface area contributed by atoms with Crippen LogP contribution in [0.4, 0.5) is 5.69 Å². The van der Waals surface area contributed by atoms with Crippen LogP contribution in [0.15, 0.2) is 84.0 Å². The maximum absolute atomic E-state index is 13.3. The van der Waals surface area contributed by atoms with Crippen molar-refractivity contribution in [3.05, 3.63) is 89.5 Å². The highest BCUT2D eigenvalue weighted by Gasteiger charge is 2.58. The summed E-state index contributed by atoms with van der Waals surface area (Å²) in [5, 5.41) is 6.52. The Morgan fingerprint density at radius 1 is 1.11 bits per heavy atom. The zero-order chi connectivity index (χ0) is 24.3. The number of methoxy groups -OCH3 is 1. The van der Waals surface area contributed by atoms with Crippen LogP contribution in [0.1, 0.15) is 18.4 Å². The molecule has 3 aliphatic rings. The number of hydrogen-bond donors (Lipinski definition) is 2. The minimum atomic E-state index is -1.15. The summed E-state index contributed by atoms with van der Waals surface area (Å²) in [6, 6.07) is 19.4. The summed E-state index contributed by atoms with van der Waals surface area (Å²) < 4.78 is 17.3. The van der Waals surface area contributed by atoms with Gasteiger partial charge in [-0.2, -0.15) is 0 Å². The molecule has 0 spiro atoms. The SMILES string of the molecule is COC(=O)C1=C(C(=O)NCC2CCCO2)C2C=CC1(C(Cc1ccccc1)Nc1ccccc1)O2. The predicted molar refractivity (Wildman–Crippen MR) is 132 cm³/mol. The number of carbonyl (C=O) groups excluding carboxylic acids is 2. The molecule has 0 aromatic heterocycles. The molecule has 0 saturated carbocycles. The number of benzene rings is 2. The fraction of sp³-hybridized carbons (Fsp3) is 0.357. The van der Waals surface area contributed by atoms with E-state index in [1.165, 1.54) is 7.11 Å². The molecule has 7 heteroatoms. The third kappa shape index (κ3) is 4.61. The Morgan fingerprint density at radius 2 is 1.86 bits per heavy atom. The lowest BCUT2D eigenvalue weighted by molar-refractivity contribution is -0.138. The van der Waals surface area contributed by atoms with Crippen LogP contribution in [0.2, 0.25) is 0 Å². The van der Waals surface area contributed by atoms with E-state index >= 15 is 0 Å². The number of para-hydroxylation sites is 1. The van der Waals surface area contributed by atoms with Gasteiger partial charge in [0.2, 0.25) is 0 Å². The van der Waals surface area contributed by atoms with Crippen LogP contribution >= 0.6 is 0 Å². The first-order chi connectivity index (χ1) is 17.1. The van der Waals surface area contributed by atoms with E-state index in [0.29, 0.717) is 25.1 Å². The monoisotopic (exact) mass is 474 g/mol. The molecule has 2 aromatic rings. The van der Waals surface area contributed by atoms with Crippen molar-refractivity contribution in [2.24, 2.45) is 0 Å². The van der Waals surface area contributed by atoms with Gasteiger partial charge in [-0.1, -0.05) is 54.6 Å². The van der Waals surface area contributed by atoms with Crippen LogP contribution in [0, 0.1) is 0 Å². The van der Waals surface area contributed by atoms with Crippen molar-refractivity contribution < 1.29 is 23.8 Å². The highest BCUT2D eigenvalue weighted by atomic mass is 16.5. The summed E-state index contributed by atoms with van der Waals surface area (Å²) in [4.78, 5) is 26.5. The highest BCUT2D eigenvalue weighted by Crippen LogP contribution is 2.47. The second-order valence-electron chi connectivity index (χ2n) is 9.07. The summed E-state index contributed by atoms with van der Waals surface area (Å²) in [5.41, 5.74) is 1.38. The molecule has 4 unspecified atom stereocenters. The molecule has 5 rings (SSSR count). The number of carbonyl (C=O) groups is 2. The van der Waals surface area contributed by atoms with Crippen molar-refractivity contribution >= 4 is 17.6 Å². The molecular formula is C28H30N2O5. The summed E-state index contributed by atoms with van der Waals surface area (Å²) in [5.74, 6) is -0.887. The standard InChI is InChI=1S/C28H30N2O5/c1-33-27(32)25-24(26(31)29-18-21-13-8-16-34-21)22-14-15-28(25,35-22)23(17-19-9-4-2-5-10-19)30-20-11-6-3-7-12-20/h2-7,9-12,14-15,21-23,30H,8,13,16-18H2,1H3,(H,29,31).